The van der Waals surface area contributed by atoms with E-state index in [9.17, 15) is 4.79 Å². The molecule has 0 N–H and O–H groups in total. The Hall–Kier alpha value is -2.84. The van der Waals surface area contributed by atoms with Crippen LogP contribution in [0, 0.1) is 20.8 Å². The van der Waals surface area contributed by atoms with E-state index in [2.05, 4.69) is 45.0 Å². The molecule has 0 fully saturated rings. The number of halogens is 1. The van der Waals surface area contributed by atoms with Crippen molar-refractivity contribution in [1.29, 1.82) is 0 Å². The molecule has 0 atom stereocenters. The Labute approximate surface area is 176 Å². The number of benzene rings is 3. The molecule has 146 valence electrons. The van der Waals surface area contributed by atoms with Gasteiger partial charge in [-0.05, 0) is 73.2 Å². The van der Waals surface area contributed by atoms with Gasteiger partial charge < -0.3 is 4.57 Å². The lowest BCUT2D eigenvalue weighted by Crippen LogP contribution is -2.22. The largest absolute Gasteiger partial charge is 0.304 e. The second-order valence-corrected chi connectivity index (χ2v) is 8.23. The van der Waals surface area contributed by atoms with E-state index >= 15 is 0 Å². The summed E-state index contributed by atoms with van der Waals surface area (Å²) in [6.07, 6.45) is 0.705. The molecule has 0 spiro atoms. The Balaban J connectivity index is 1.87. The number of aryl methyl sites for hydroxylation is 3. The minimum atomic E-state index is 0.0186. The summed E-state index contributed by atoms with van der Waals surface area (Å²) in [7, 11) is 0. The van der Waals surface area contributed by atoms with Crippen LogP contribution in [0.1, 0.15) is 33.4 Å². The van der Waals surface area contributed by atoms with Crippen LogP contribution in [-0.4, -0.2) is 4.57 Å². The molecule has 0 amide bonds. The fourth-order valence-electron chi connectivity index (χ4n) is 4.17. The topological polar surface area (TPSA) is 22.0 Å². The van der Waals surface area contributed by atoms with Crippen LogP contribution in [0.2, 0.25) is 5.02 Å². The van der Waals surface area contributed by atoms with E-state index in [1.807, 2.05) is 41.0 Å². The van der Waals surface area contributed by atoms with E-state index in [1.165, 1.54) is 27.8 Å². The summed E-state index contributed by atoms with van der Waals surface area (Å²) in [6.45, 7) is 6.89. The van der Waals surface area contributed by atoms with Crippen molar-refractivity contribution >= 4 is 22.5 Å². The van der Waals surface area contributed by atoms with Crippen LogP contribution in [0.5, 0.6) is 0 Å². The molecule has 4 rings (SSSR count). The van der Waals surface area contributed by atoms with E-state index in [1.54, 1.807) is 6.07 Å². The molecule has 0 saturated carbocycles. The zero-order chi connectivity index (χ0) is 20.5. The third-order valence-electron chi connectivity index (χ3n) is 5.55. The maximum Gasteiger partial charge on any atom is 0.251 e. The molecule has 0 aliphatic rings. The van der Waals surface area contributed by atoms with Crippen LogP contribution in [0.4, 0.5) is 0 Å². The molecule has 1 heterocycles. The zero-order valence-electron chi connectivity index (χ0n) is 17.0. The average molecular weight is 402 g/mol. The van der Waals surface area contributed by atoms with Crippen molar-refractivity contribution in [3.8, 4) is 0 Å². The fraction of sp³-hybridized carbons (Fsp3) is 0.192. The summed E-state index contributed by atoms with van der Waals surface area (Å²) in [6, 6.07) is 22.1. The molecule has 2 nitrogen and oxygen atoms in total. The summed E-state index contributed by atoms with van der Waals surface area (Å²) in [5.74, 6) is 0. The Bertz CT molecular complexity index is 1230. The van der Waals surface area contributed by atoms with Gasteiger partial charge >= 0.3 is 0 Å². The number of fused-ring (bicyclic) bond motifs is 1. The fourth-order valence-corrected chi connectivity index (χ4v) is 4.34. The second-order valence-electron chi connectivity index (χ2n) is 7.80. The first-order valence-electron chi connectivity index (χ1n) is 9.85. The third-order valence-corrected chi connectivity index (χ3v) is 5.79. The Morgan fingerprint density at radius 1 is 0.862 bits per heavy atom. The second kappa shape index (κ2) is 7.88. The molecule has 0 saturated heterocycles. The maximum absolute atomic E-state index is 13.2. The van der Waals surface area contributed by atoms with Gasteiger partial charge in [-0.2, -0.15) is 0 Å². The predicted molar refractivity (Wildman–Crippen MR) is 122 cm³/mol. The van der Waals surface area contributed by atoms with Crippen LogP contribution < -0.4 is 5.56 Å². The highest BCUT2D eigenvalue weighted by Gasteiger charge is 2.13. The van der Waals surface area contributed by atoms with Crippen molar-refractivity contribution in [2.45, 2.75) is 33.7 Å². The third kappa shape index (κ3) is 3.99. The summed E-state index contributed by atoms with van der Waals surface area (Å²) < 4.78 is 1.87. The van der Waals surface area contributed by atoms with E-state index < -0.39 is 0 Å². The van der Waals surface area contributed by atoms with Gasteiger partial charge in [-0.15, -0.1) is 0 Å². The normalized spacial score (nSPS) is 11.2. The van der Waals surface area contributed by atoms with Crippen molar-refractivity contribution in [1.82, 2.24) is 4.57 Å². The molecular formula is C26H24ClNO. The van der Waals surface area contributed by atoms with E-state index in [4.69, 9.17) is 11.6 Å². The van der Waals surface area contributed by atoms with Gasteiger partial charge in [-0.25, -0.2) is 0 Å². The molecule has 3 heteroatoms. The number of hydrogen-bond donors (Lipinski definition) is 0. The average Bonchev–Trinajstić information content (AvgIpc) is 2.67. The molecular weight excluding hydrogens is 378 g/mol. The highest BCUT2D eigenvalue weighted by molar-refractivity contribution is 6.31. The van der Waals surface area contributed by atoms with Crippen molar-refractivity contribution in [3.63, 3.8) is 0 Å². The Morgan fingerprint density at radius 3 is 2.24 bits per heavy atom. The molecule has 4 aromatic rings. The lowest BCUT2D eigenvalue weighted by molar-refractivity contribution is 0.781. The smallest absolute Gasteiger partial charge is 0.251 e. The first-order chi connectivity index (χ1) is 13.9. The number of nitrogens with zero attached hydrogens (tertiary/aromatic N) is 1. The lowest BCUT2D eigenvalue weighted by atomic mass is 9.98. The number of aromatic nitrogens is 1. The van der Waals surface area contributed by atoms with Gasteiger partial charge in [0.1, 0.15) is 0 Å². The van der Waals surface area contributed by atoms with Gasteiger partial charge in [0.25, 0.3) is 5.56 Å². The van der Waals surface area contributed by atoms with Crippen LogP contribution in [0.25, 0.3) is 10.9 Å². The van der Waals surface area contributed by atoms with Gasteiger partial charge in [0, 0.05) is 16.5 Å². The SMILES string of the molecule is Cc1cc(C)c(Cn2c(=O)cc(Cc3ccccc3)c3cc(Cl)ccc32)c(C)c1. The van der Waals surface area contributed by atoms with E-state index in [0.29, 0.717) is 18.0 Å². The highest BCUT2D eigenvalue weighted by atomic mass is 35.5. The summed E-state index contributed by atoms with van der Waals surface area (Å²) >= 11 is 6.33. The Kier molecular flexibility index (Phi) is 5.29. The van der Waals surface area contributed by atoms with Crippen molar-refractivity contribution in [2.75, 3.05) is 0 Å². The molecule has 3 aromatic carbocycles. The summed E-state index contributed by atoms with van der Waals surface area (Å²) in [5.41, 5.74) is 7.99. The predicted octanol–water partition coefficient (Wildman–Crippen LogP) is 6.22. The monoisotopic (exact) mass is 401 g/mol. The quantitative estimate of drug-likeness (QED) is 0.398. The first kappa shape index (κ1) is 19.5. The highest BCUT2D eigenvalue weighted by Crippen LogP contribution is 2.25. The molecule has 0 aliphatic carbocycles. The van der Waals surface area contributed by atoms with E-state index in [-0.39, 0.29) is 5.56 Å². The van der Waals surface area contributed by atoms with Gasteiger partial charge in [-0.1, -0.05) is 59.6 Å². The number of rotatable bonds is 4. The maximum atomic E-state index is 13.2. The minimum absolute atomic E-state index is 0.0186. The zero-order valence-corrected chi connectivity index (χ0v) is 17.8. The van der Waals surface area contributed by atoms with Gasteiger partial charge in [0.15, 0.2) is 0 Å². The minimum Gasteiger partial charge on any atom is -0.304 e. The molecule has 1 aromatic heterocycles. The van der Waals surface area contributed by atoms with Crippen LogP contribution in [-0.2, 0) is 13.0 Å². The Morgan fingerprint density at radius 2 is 1.55 bits per heavy atom. The molecule has 0 radical (unpaired) electrons. The van der Waals surface area contributed by atoms with Crippen molar-refractivity contribution in [3.05, 3.63) is 115 Å². The number of hydrogen-bond acceptors (Lipinski definition) is 1. The lowest BCUT2D eigenvalue weighted by Gasteiger charge is -2.17. The molecule has 0 aliphatic heterocycles. The van der Waals surface area contributed by atoms with Crippen molar-refractivity contribution in [2.24, 2.45) is 0 Å². The van der Waals surface area contributed by atoms with Crippen molar-refractivity contribution < 1.29 is 0 Å². The van der Waals surface area contributed by atoms with Gasteiger partial charge in [0.05, 0.1) is 12.1 Å². The summed E-state index contributed by atoms with van der Waals surface area (Å²) in [5, 5.41) is 1.71. The van der Waals surface area contributed by atoms with E-state index in [0.717, 1.165) is 16.5 Å². The molecule has 0 bridgehead atoms. The van der Waals surface area contributed by atoms with Crippen LogP contribution in [0.15, 0.2) is 71.5 Å². The summed E-state index contributed by atoms with van der Waals surface area (Å²) in [4.78, 5) is 13.2. The number of pyridine rings is 1. The molecule has 29 heavy (non-hydrogen) atoms. The molecule has 0 unspecified atom stereocenters. The van der Waals surface area contributed by atoms with Crippen LogP contribution in [0.3, 0.4) is 0 Å². The van der Waals surface area contributed by atoms with Gasteiger partial charge in [-0.3, -0.25) is 4.79 Å². The van der Waals surface area contributed by atoms with Gasteiger partial charge in [0.2, 0.25) is 0 Å². The first-order valence-corrected chi connectivity index (χ1v) is 10.2. The standard InChI is InChI=1S/C26H24ClNO/c1-17-11-18(2)24(19(3)12-17)16-28-25-10-9-22(27)15-23(25)21(14-26(28)29)13-20-7-5-4-6-8-20/h4-12,14-15H,13,16H2,1-3H3. The van der Waals surface area contributed by atoms with Crippen LogP contribution >= 0.6 is 11.6 Å².